The number of ether oxygens (including phenoxy) is 1. The average molecular weight is 342 g/mol. The Morgan fingerprint density at radius 1 is 1.17 bits per heavy atom. The van der Waals surface area contributed by atoms with Crippen LogP contribution in [0.4, 0.5) is 5.69 Å². The Hall–Kier alpha value is -2.96. The van der Waals surface area contributed by atoms with Gasteiger partial charge in [0, 0.05) is 7.05 Å². The van der Waals surface area contributed by atoms with Crippen LogP contribution in [-0.2, 0) is 10.0 Å². The number of rotatable bonds is 3. The molecule has 3 rings (SSSR count). The fourth-order valence-electron chi connectivity index (χ4n) is 2.48. The van der Waals surface area contributed by atoms with Gasteiger partial charge < -0.3 is 15.2 Å². The molecule has 0 bridgehead atoms. The molecule has 1 aliphatic rings. The lowest BCUT2D eigenvalue weighted by atomic mass is 10.1. The zero-order chi connectivity index (χ0) is 17.3. The van der Waals surface area contributed by atoms with Crippen molar-refractivity contribution in [3.05, 3.63) is 59.6 Å². The molecule has 7 nitrogen and oxygen atoms in total. The molecule has 0 radical (unpaired) electrons. The smallest absolute Gasteiger partial charge is 0.367 e. The van der Waals surface area contributed by atoms with Crippen molar-refractivity contribution in [3.8, 4) is 5.75 Å². The van der Waals surface area contributed by atoms with Gasteiger partial charge in [0.15, 0.2) is 0 Å². The fraction of sp³-hybridized carbons (Fsp3) is 0.125. The van der Waals surface area contributed by atoms with Crippen LogP contribution in [0.15, 0.2) is 57.8 Å². The summed E-state index contributed by atoms with van der Waals surface area (Å²) in [4.78, 5) is 4.86. The Morgan fingerprint density at radius 3 is 2.50 bits per heavy atom. The second-order valence-electron chi connectivity index (χ2n) is 5.09. The third kappa shape index (κ3) is 2.58. The summed E-state index contributed by atoms with van der Waals surface area (Å²) < 4.78 is 34.0. The molecule has 0 aromatic heterocycles. The van der Waals surface area contributed by atoms with Crippen molar-refractivity contribution in [2.24, 2.45) is 4.40 Å². The predicted octanol–water partition coefficient (Wildman–Crippen LogP) is 1.95. The highest BCUT2D eigenvalue weighted by molar-refractivity contribution is 7.90. The summed E-state index contributed by atoms with van der Waals surface area (Å²) in [6, 6.07) is 13.0. The molecule has 0 spiro atoms. The summed E-state index contributed by atoms with van der Waals surface area (Å²) in [6.07, 6.45) is 0. The summed E-state index contributed by atoms with van der Waals surface area (Å²) in [6.45, 7) is 0. The molecule has 0 fully saturated rings. The first-order valence-electron chi connectivity index (χ1n) is 7.02. The van der Waals surface area contributed by atoms with Crippen LogP contribution in [0.2, 0.25) is 0 Å². The number of fused-ring (bicyclic) bond motifs is 1. The minimum absolute atomic E-state index is 0.0459. The monoisotopic (exact) mass is 342 g/mol. The van der Waals surface area contributed by atoms with Crippen LogP contribution < -0.4 is 9.64 Å². The van der Waals surface area contributed by atoms with E-state index in [9.17, 15) is 13.9 Å². The lowest BCUT2D eigenvalue weighted by Crippen LogP contribution is -2.28. The van der Waals surface area contributed by atoms with Gasteiger partial charge in [0.2, 0.25) is 5.84 Å². The van der Waals surface area contributed by atoms with Crippen molar-refractivity contribution in [2.75, 3.05) is 19.1 Å². The van der Waals surface area contributed by atoms with Crippen molar-refractivity contribution < 1.29 is 17.9 Å². The first-order valence-corrected chi connectivity index (χ1v) is 8.46. The van der Waals surface area contributed by atoms with E-state index in [-0.39, 0.29) is 16.4 Å². The lowest BCUT2D eigenvalue weighted by Gasteiger charge is -2.11. The maximum Gasteiger partial charge on any atom is 0.367 e. The minimum atomic E-state index is -3.93. The second kappa shape index (κ2) is 5.92. The highest BCUT2D eigenvalue weighted by Crippen LogP contribution is 2.32. The van der Waals surface area contributed by atoms with E-state index in [0.29, 0.717) is 17.0 Å². The van der Waals surface area contributed by atoms with Gasteiger partial charge in [-0.1, -0.05) is 18.2 Å². The molecule has 8 heteroatoms. The molecule has 0 atom stereocenters. The van der Waals surface area contributed by atoms with E-state index in [1.54, 1.807) is 48.3 Å². The number of sulfonamides is 1. The summed E-state index contributed by atoms with van der Waals surface area (Å²) in [5.74, 6) is 0.611. The topological polar surface area (TPSA) is 95.4 Å². The molecule has 2 aromatic carbocycles. The summed E-state index contributed by atoms with van der Waals surface area (Å²) in [5.41, 5.74) is 10.7. The van der Waals surface area contributed by atoms with E-state index in [4.69, 9.17) is 4.74 Å². The van der Waals surface area contributed by atoms with Crippen molar-refractivity contribution in [1.29, 1.82) is 0 Å². The summed E-state index contributed by atoms with van der Waals surface area (Å²) >= 11 is 0. The first kappa shape index (κ1) is 15.9. The molecule has 0 amide bonds. The molecule has 1 heterocycles. The zero-order valence-corrected chi connectivity index (χ0v) is 13.9. The van der Waals surface area contributed by atoms with Gasteiger partial charge in [-0.15, -0.1) is 4.40 Å². The number of hydrogen-bond donors (Lipinski definition) is 0. The Morgan fingerprint density at radius 2 is 1.88 bits per heavy atom. The Kier molecular flexibility index (Phi) is 3.92. The molecule has 0 saturated heterocycles. The van der Waals surface area contributed by atoms with E-state index in [0.717, 1.165) is 0 Å². The summed E-state index contributed by atoms with van der Waals surface area (Å²) in [7, 11) is -0.755. The minimum Gasteiger partial charge on any atom is -0.497 e. The van der Waals surface area contributed by atoms with E-state index < -0.39 is 10.0 Å². The van der Waals surface area contributed by atoms with Gasteiger partial charge in [0.05, 0.1) is 23.3 Å². The quantitative estimate of drug-likeness (QED) is 0.629. The SMILES string of the molecule is COc1ccc2c(c1)C(=[N+]=[N-])C(=NS(=O)(=O)c1ccccc1)N2C. The maximum atomic E-state index is 12.5. The van der Waals surface area contributed by atoms with Crippen molar-refractivity contribution in [3.63, 3.8) is 0 Å². The number of nitrogens with zero attached hydrogens (tertiary/aromatic N) is 4. The molecular formula is C16H14N4O3S. The maximum absolute atomic E-state index is 12.5. The van der Waals surface area contributed by atoms with Crippen LogP contribution in [-0.4, -0.2) is 38.9 Å². The van der Waals surface area contributed by atoms with Crippen LogP contribution in [0.5, 0.6) is 5.75 Å². The standard InChI is InChI=1S/C16H14N4O3S/c1-20-14-9-8-11(23-2)10-13(14)15(18-17)16(20)19-24(21,22)12-6-4-3-5-7-12/h3-10H,1-2H3. The molecule has 122 valence electrons. The van der Waals surface area contributed by atoms with Gasteiger partial charge in [0.25, 0.3) is 10.0 Å². The van der Waals surface area contributed by atoms with Crippen LogP contribution in [0, 0.1) is 0 Å². The highest BCUT2D eigenvalue weighted by atomic mass is 32.2. The normalized spacial score (nSPS) is 15.3. The fourth-order valence-corrected chi connectivity index (χ4v) is 3.52. The lowest BCUT2D eigenvalue weighted by molar-refractivity contribution is -0.000216. The number of hydrogen-bond acceptors (Lipinski definition) is 3. The number of benzene rings is 2. The number of amidine groups is 1. The zero-order valence-electron chi connectivity index (χ0n) is 13.0. The summed E-state index contributed by atoms with van der Waals surface area (Å²) in [5, 5.41) is 0. The largest absolute Gasteiger partial charge is 0.497 e. The van der Waals surface area contributed by atoms with Crippen molar-refractivity contribution >= 4 is 27.3 Å². The van der Waals surface area contributed by atoms with E-state index >= 15 is 0 Å². The second-order valence-corrected chi connectivity index (χ2v) is 6.70. The van der Waals surface area contributed by atoms with Crippen molar-refractivity contribution in [1.82, 2.24) is 0 Å². The first-order chi connectivity index (χ1) is 11.5. The Labute approximate surface area is 139 Å². The van der Waals surface area contributed by atoms with Crippen molar-refractivity contribution in [2.45, 2.75) is 4.90 Å². The van der Waals surface area contributed by atoms with Crippen LogP contribution in [0.1, 0.15) is 5.56 Å². The molecule has 0 unspecified atom stereocenters. The van der Waals surface area contributed by atoms with Gasteiger partial charge >= 0.3 is 5.71 Å². The van der Waals surface area contributed by atoms with Crippen LogP contribution in [0.25, 0.3) is 5.53 Å². The highest BCUT2D eigenvalue weighted by Gasteiger charge is 2.38. The molecule has 0 saturated carbocycles. The Bertz CT molecular complexity index is 978. The molecule has 0 N–H and O–H groups in total. The third-order valence-corrected chi connectivity index (χ3v) is 4.98. The molecule has 0 aliphatic carbocycles. The van der Waals surface area contributed by atoms with E-state index in [2.05, 4.69) is 9.19 Å². The molecular weight excluding hydrogens is 328 g/mol. The third-order valence-electron chi connectivity index (χ3n) is 3.70. The van der Waals surface area contributed by atoms with E-state index in [1.807, 2.05) is 0 Å². The van der Waals surface area contributed by atoms with Gasteiger partial charge in [-0.3, -0.25) is 0 Å². The predicted molar refractivity (Wildman–Crippen MR) is 90.2 cm³/mol. The van der Waals surface area contributed by atoms with Gasteiger partial charge in [-0.25, -0.2) is 0 Å². The molecule has 2 aromatic rings. The molecule has 24 heavy (non-hydrogen) atoms. The Balaban J connectivity index is 2.14. The van der Waals surface area contributed by atoms with Crippen LogP contribution >= 0.6 is 0 Å². The van der Waals surface area contributed by atoms with Gasteiger partial charge in [-0.05, 0) is 30.3 Å². The number of likely N-dealkylation sites (N-methyl/N-ethyl adjacent to an activating group) is 1. The molecule has 1 aliphatic heterocycles. The van der Waals surface area contributed by atoms with E-state index in [1.165, 1.54) is 19.2 Å². The number of methoxy groups -OCH3 is 1. The average Bonchev–Trinajstić information content (AvgIpc) is 2.86. The number of anilines is 1. The van der Waals surface area contributed by atoms with Gasteiger partial charge in [-0.2, -0.15) is 13.2 Å². The van der Waals surface area contributed by atoms with Crippen LogP contribution in [0.3, 0.4) is 0 Å². The van der Waals surface area contributed by atoms with Gasteiger partial charge in [0.1, 0.15) is 5.75 Å².